The number of ether oxygens (including phenoxy) is 3. The molecule has 4 nitrogen and oxygen atoms in total. The van der Waals surface area contributed by atoms with Crippen molar-refractivity contribution < 1.29 is 19.0 Å². The Labute approximate surface area is 185 Å². The second-order valence-electron chi connectivity index (χ2n) is 9.13. The van der Waals surface area contributed by atoms with Crippen LogP contribution in [0.5, 0.6) is 5.75 Å². The average Bonchev–Trinajstić information content (AvgIpc) is 3.45. The molecule has 166 valence electrons. The van der Waals surface area contributed by atoms with E-state index in [0.717, 1.165) is 30.6 Å². The van der Waals surface area contributed by atoms with Crippen molar-refractivity contribution in [3.63, 3.8) is 0 Å². The van der Waals surface area contributed by atoms with E-state index < -0.39 is 6.29 Å². The van der Waals surface area contributed by atoms with Crippen LogP contribution in [0.25, 0.3) is 0 Å². The molecule has 0 heterocycles. The average molecular weight is 423 g/mol. The van der Waals surface area contributed by atoms with Crippen LogP contribution in [-0.2, 0) is 20.9 Å². The van der Waals surface area contributed by atoms with Crippen LogP contribution < -0.4 is 4.74 Å². The van der Waals surface area contributed by atoms with E-state index in [1.165, 1.54) is 18.4 Å². The van der Waals surface area contributed by atoms with Crippen molar-refractivity contribution in [2.75, 3.05) is 6.61 Å². The van der Waals surface area contributed by atoms with Gasteiger partial charge >= 0.3 is 5.97 Å². The van der Waals surface area contributed by atoms with Crippen LogP contribution in [0.4, 0.5) is 0 Å². The molecule has 4 heteroatoms. The van der Waals surface area contributed by atoms with Crippen LogP contribution in [0.1, 0.15) is 63.0 Å². The molecular formula is C27H34O4. The van der Waals surface area contributed by atoms with Gasteiger partial charge in [0.05, 0.1) is 12.5 Å². The van der Waals surface area contributed by atoms with E-state index in [9.17, 15) is 4.79 Å². The molecule has 4 rings (SSSR count). The highest BCUT2D eigenvalue weighted by Gasteiger charge is 2.44. The third kappa shape index (κ3) is 5.68. The first kappa shape index (κ1) is 21.9. The molecule has 0 N–H and O–H groups in total. The number of fused-ring (bicyclic) bond motifs is 2. The largest absolute Gasteiger partial charge is 0.461 e. The molecule has 2 aromatic carbocycles. The van der Waals surface area contributed by atoms with E-state index in [4.69, 9.17) is 14.2 Å². The summed E-state index contributed by atoms with van der Waals surface area (Å²) in [6, 6.07) is 18.1. The summed E-state index contributed by atoms with van der Waals surface area (Å²) in [4.78, 5) is 12.7. The predicted molar refractivity (Wildman–Crippen MR) is 121 cm³/mol. The van der Waals surface area contributed by atoms with Crippen LogP contribution in [0.15, 0.2) is 54.6 Å². The van der Waals surface area contributed by atoms with Gasteiger partial charge in [-0.2, -0.15) is 0 Å². The van der Waals surface area contributed by atoms with Gasteiger partial charge in [-0.05, 0) is 66.7 Å². The Kier molecular flexibility index (Phi) is 7.29. The van der Waals surface area contributed by atoms with Gasteiger partial charge in [0.25, 0.3) is 0 Å². The fourth-order valence-electron chi connectivity index (χ4n) is 4.93. The first-order valence-corrected chi connectivity index (χ1v) is 11.7. The number of rotatable bonds is 10. The van der Waals surface area contributed by atoms with Gasteiger partial charge in [0.1, 0.15) is 5.75 Å². The third-order valence-electron chi connectivity index (χ3n) is 7.01. The first-order valence-electron chi connectivity index (χ1n) is 11.7. The maximum absolute atomic E-state index is 12.7. The molecular weight excluding hydrogens is 388 g/mol. The summed E-state index contributed by atoms with van der Waals surface area (Å²) in [7, 11) is 0. The molecule has 5 atom stereocenters. The minimum atomic E-state index is -0.641. The number of carbonyl (C=O) groups is 1. The van der Waals surface area contributed by atoms with Crippen molar-refractivity contribution in [2.24, 2.45) is 17.8 Å². The monoisotopic (exact) mass is 422 g/mol. The number of hydrogen-bond donors (Lipinski definition) is 0. The summed E-state index contributed by atoms with van der Waals surface area (Å²) >= 11 is 0. The maximum Gasteiger partial charge on any atom is 0.309 e. The number of carbonyl (C=O) groups excluding carboxylic acids is 1. The molecule has 0 amide bonds. The van der Waals surface area contributed by atoms with Crippen molar-refractivity contribution in [2.45, 2.75) is 64.8 Å². The van der Waals surface area contributed by atoms with Crippen LogP contribution >= 0.6 is 0 Å². The highest BCUT2D eigenvalue weighted by Crippen LogP contribution is 2.48. The highest BCUT2D eigenvalue weighted by molar-refractivity contribution is 5.73. The SMILES string of the molecule is CCC(C)c1ccc(OC(COC(=O)C2CC3CCC2C3)OCc2ccccc2)cc1. The Bertz CT molecular complexity index is 832. The molecule has 5 unspecified atom stereocenters. The lowest BCUT2D eigenvalue weighted by molar-refractivity contribution is -0.168. The lowest BCUT2D eigenvalue weighted by Gasteiger charge is -2.23. The number of benzene rings is 2. The molecule has 2 bridgehead atoms. The molecule has 31 heavy (non-hydrogen) atoms. The van der Waals surface area contributed by atoms with Gasteiger partial charge in [-0.15, -0.1) is 0 Å². The summed E-state index contributed by atoms with van der Waals surface area (Å²) in [6.07, 6.45) is 5.06. The number of hydrogen-bond acceptors (Lipinski definition) is 4. The molecule has 2 aromatic rings. The van der Waals surface area contributed by atoms with Crippen molar-refractivity contribution in [3.05, 3.63) is 65.7 Å². The molecule has 0 aromatic heterocycles. The highest BCUT2D eigenvalue weighted by atomic mass is 16.7. The second-order valence-corrected chi connectivity index (χ2v) is 9.13. The van der Waals surface area contributed by atoms with E-state index >= 15 is 0 Å². The van der Waals surface area contributed by atoms with Gasteiger partial charge in [-0.1, -0.05) is 62.7 Å². The summed E-state index contributed by atoms with van der Waals surface area (Å²) in [6.45, 7) is 4.92. The quantitative estimate of drug-likeness (QED) is 0.343. The van der Waals surface area contributed by atoms with Gasteiger partial charge in [0.2, 0.25) is 6.29 Å². The zero-order valence-corrected chi connectivity index (χ0v) is 18.7. The van der Waals surface area contributed by atoms with E-state index in [1.807, 2.05) is 42.5 Å². The van der Waals surface area contributed by atoms with Gasteiger partial charge in [-0.3, -0.25) is 4.79 Å². The minimum Gasteiger partial charge on any atom is -0.461 e. The second kappa shape index (κ2) is 10.3. The van der Waals surface area contributed by atoms with Gasteiger partial charge in [-0.25, -0.2) is 0 Å². The smallest absolute Gasteiger partial charge is 0.309 e. The van der Waals surface area contributed by atoms with Crippen molar-refractivity contribution in [3.8, 4) is 5.75 Å². The van der Waals surface area contributed by atoms with Crippen LogP contribution in [0, 0.1) is 17.8 Å². The van der Waals surface area contributed by atoms with E-state index in [2.05, 4.69) is 26.0 Å². The van der Waals surface area contributed by atoms with Gasteiger partial charge in [0.15, 0.2) is 6.61 Å². The minimum absolute atomic E-state index is 0.0586. The standard InChI is InChI=1S/C27H34O4/c1-3-19(2)22-11-13-24(14-12-22)31-26(29-17-20-7-5-4-6-8-20)18-30-27(28)25-16-21-9-10-23(25)15-21/h4-8,11-14,19,21,23,25-26H,3,9-10,15-18H2,1-2H3. The Morgan fingerprint density at radius 2 is 1.81 bits per heavy atom. The summed E-state index contributed by atoms with van der Waals surface area (Å²) in [5.74, 6) is 2.44. The van der Waals surface area contributed by atoms with Crippen LogP contribution in [0.2, 0.25) is 0 Å². The number of esters is 1. The lowest BCUT2D eigenvalue weighted by atomic mass is 9.89. The van der Waals surface area contributed by atoms with Crippen LogP contribution in [0.3, 0.4) is 0 Å². The first-order chi connectivity index (χ1) is 15.1. The zero-order valence-electron chi connectivity index (χ0n) is 18.7. The van der Waals surface area contributed by atoms with Gasteiger partial charge < -0.3 is 14.2 Å². The Balaban J connectivity index is 1.36. The van der Waals surface area contributed by atoms with Gasteiger partial charge in [0, 0.05) is 0 Å². The van der Waals surface area contributed by atoms with E-state index in [0.29, 0.717) is 24.4 Å². The molecule has 0 saturated heterocycles. The normalized spacial score (nSPS) is 24.0. The van der Waals surface area contributed by atoms with Crippen molar-refractivity contribution in [1.29, 1.82) is 0 Å². The fourth-order valence-corrected chi connectivity index (χ4v) is 4.93. The Morgan fingerprint density at radius 1 is 1.03 bits per heavy atom. The molecule has 2 aliphatic carbocycles. The van der Waals surface area contributed by atoms with Crippen molar-refractivity contribution in [1.82, 2.24) is 0 Å². The molecule has 0 radical (unpaired) electrons. The summed E-state index contributed by atoms with van der Waals surface area (Å²) in [5.41, 5.74) is 2.35. The van der Waals surface area contributed by atoms with E-state index in [-0.39, 0.29) is 18.5 Å². The molecule has 2 fully saturated rings. The zero-order chi connectivity index (χ0) is 21.6. The summed E-state index contributed by atoms with van der Waals surface area (Å²) < 4.78 is 17.8. The Hall–Kier alpha value is -2.33. The lowest BCUT2D eigenvalue weighted by Crippen LogP contribution is -2.31. The Morgan fingerprint density at radius 3 is 2.45 bits per heavy atom. The molecule has 0 aliphatic heterocycles. The topological polar surface area (TPSA) is 44.8 Å². The maximum atomic E-state index is 12.7. The molecule has 0 spiro atoms. The van der Waals surface area contributed by atoms with E-state index in [1.54, 1.807) is 0 Å². The summed E-state index contributed by atoms with van der Waals surface area (Å²) in [5, 5.41) is 0. The molecule has 2 saturated carbocycles. The molecule has 2 aliphatic rings. The third-order valence-corrected chi connectivity index (χ3v) is 7.01. The fraction of sp³-hybridized carbons (Fsp3) is 0.519. The van der Waals surface area contributed by atoms with Crippen molar-refractivity contribution >= 4 is 5.97 Å². The predicted octanol–water partition coefficient (Wildman–Crippen LogP) is 6.10. The van der Waals surface area contributed by atoms with Crippen LogP contribution in [-0.4, -0.2) is 18.9 Å².